The molecule has 1 atom stereocenters. The van der Waals surface area contributed by atoms with Crippen LogP contribution >= 0.6 is 0 Å². The SMILES string of the molecule is Cc1ccc(C)c(NC(=O)COc2cccc(C3C(C#N)=C(N)Oc4n[nH]c(C)c43)c2)c1. The average molecular weight is 429 g/mol. The van der Waals surface area contributed by atoms with E-state index in [1.54, 1.807) is 12.1 Å². The minimum Gasteiger partial charge on any atom is -0.484 e. The van der Waals surface area contributed by atoms with E-state index in [2.05, 4.69) is 21.6 Å². The molecule has 0 spiro atoms. The van der Waals surface area contributed by atoms with Crippen molar-refractivity contribution >= 4 is 11.6 Å². The van der Waals surface area contributed by atoms with Crippen molar-refractivity contribution in [1.82, 2.24) is 10.2 Å². The third-order valence-corrected chi connectivity index (χ3v) is 5.36. The van der Waals surface area contributed by atoms with Crippen molar-refractivity contribution in [3.63, 3.8) is 0 Å². The number of rotatable bonds is 5. The lowest BCUT2D eigenvalue weighted by Crippen LogP contribution is -2.22. The van der Waals surface area contributed by atoms with Crippen molar-refractivity contribution in [3.8, 4) is 17.7 Å². The van der Waals surface area contributed by atoms with Gasteiger partial charge in [0, 0.05) is 16.9 Å². The molecular weight excluding hydrogens is 406 g/mol. The summed E-state index contributed by atoms with van der Waals surface area (Å²) in [6.45, 7) is 5.61. The van der Waals surface area contributed by atoms with Crippen molar-refractivity contribution in [2.75, 3.05) is 11.9 Å². The van der Waals surface area contributed by atoms with E-state index in [-0.39, 0.29) is 18.4 Å². The van der Waals surface area contributed by atoms with E-state index in [1.165, 1.54) is 0 Å². The minimum atomic E-state index is -0.449. The Morgan fingerprint density at radius 1 is 1.28 bits per heavy atom. The molecule has 1 aromatic heterocycles. The van der Waals surface area contributed by atoms with E-state index in [4.69, 9.17) is 15.2 Å². The number of ether oxygens (including phenoxy) is 2. The molecule has 0 radical (unpaired) electrons. The number of aromatic nitrogens is 2. The highest BCUT2D eigenvalue weighted by molar-refractivity contribution is 5.92. The lowest BCUT2D eigenvalue weighted by atomic mass is 9.84. The highest BCUT2D eigenvalue weighted by atomic mass is 16.5. The molecule has 3 aromatic rings. The molecule has 0 aliphatic carbocycles. The van der Waals surface area contributed by atoms with Gasteiger partial charge >= 0.3 is 0 Å². The topological polar surface area (TPSA) is 126 Å². The Hall–Kier alpha value is -4.25. The Labute approximate surface area is 185 Å². The van der Waals surface area contributed by atoms with Crippen LogP contribution in [0, 0.1) is 32.1 Å². The highest BCUT2D eigenvalue weighted by Crippen LogP contribution is 2.43. The maximum atomic E-state index is 12.4. The van der Waals surface area contributed by atoms with Crippen LogP contribution in [0.5, 0.6) is 11.6 Å². The summed E-state index contributed by atoms with van der Waals surface area (Å²) in [6, 6.07) is 15.3. The number of nitriles is 1. The Morgan fingerprint density at radius 2 is 2.09 bits per heavy atom. The van der Waals surface area contributed by atoms with Gasteiger partial charge in [0.25, 0.3) is 5.91 Å². The summed E-state index contributed by atoms with van der Waals surface area (Å²) in [5.74, 6) is 0.169. The van der Waals surface area contributed by atoms with E-state index >= 15 is 0 Å². The number of aryl methyl sites for hydroxylation is 3. The smallest absolute Gasteiger partial charge is 0.262 e. The third kappa shape index (κ3) is 4.01. The Bertz CT molecular complexity index is 1270. The number of allylic oxidation sites excluding steroid dienone is 1. The molecule has 1 aliphatic rings. The molecule has 0 saturated carbocycles. The first-order chi connectivity index (χ1) is 15.4. The zero-order chi connectivity index (χ0) is 22.8. The molecule has 162 valence electrons. The van der Waals surface area contributed by atoms with E-state index in [0.29, 0.717) is 17.2 Å². The molecule has 1 unspecified atom stereocenters. The van der Waals surface area contributed by atoms with Gasteiger partial charge in [0.2, 0.25) is 11.8 Å². The number of carbonyl (C=O) groups is 1. The molecule has 2 aromatic carbocycles. The fourth-order valence-electron chi connectivity index (χ4n) is 3.72. The summed E-state index contributed by atoms with van der Waals surface area (Å²) in [6.07, 6.45) is 0. The van der Waals surface area contributed by atoms with Gasteiger partial charge in [-0.25, -0.2) is 0 Å². The van der Waals surface area contributed by atoms with Gasteiger partial charge in [-0.15, -0.1) is 5.10 Å². The van der Waals surface area contributed by atoms with Gasteiger partial charge in [-0.05, 0) is 55.7 Å². The number of nitrogens with zero attached hydrogens (tertiary/aromatic N) is 2. The first kappa shape index (κ1) is 21.0. The molecule has 4 N–H and O–H groups in total. The number of fused-ring (bicyclic) bond motifs is 1. The molecule has 4 rings (SSSR count). The van der Waals surface area contributed by atoms with Gasteiger partial charge in [0.1, 0.15) is 17.4 Å². The van der Waals surface area contributed by atoms with Crippen LogP contribution in [0.4, 0.5) is 5.69 Å². The van der Waals surface area contributed by atoms with Gasteiger partial charge in [-0.3, -0.25) is 9.89 Å². The number of hydrogen-bond acceptors (Lipinski definition) is 6. The maximum absolute atomic E-state index is 12.4. The zero-order valence-electron chi connectivity index (χ0n) is 18.0. The van der Waals surface area contributed by atoms with Gasteiger partial charge in [0.15, 0.2) is 6.61 Å². The van der Waals surface area contributed by atoms with Gasteiger partial charge < -0.3 is 20.5 Å². The predicted molar refractivity (Wildman–Crippen MR) is 119 cm³/mol. The number of aromatic amines is 1. The standard InChI is InChI=1S/C24H23N5O3/c1-13-7-8-14(2)19(9-13)27-20(30)12-31-17-6-4-5-16(10-17)22-18(11-25)23(26)32-24-21(22)15(3)28-29-24/h4-10,22H,12,26H2,1-3H3,(H,27,30)(H,28,29). The molecule has 1 amide bonds. The van der Waals surface area contributed by atoms with Crippen LogP contribution < -0.4 is 20.5 Å². The average Bonchev–Trinajstić information content (AvgIpc) is 3.14. The number of hydrogen-bond donors (Lipinski definition) is 3. The molecule has 2 heterocycles. The van der Waals surface area contributed by atoms with E-state index in [1.807, 2.05) is 51.1 Å². The van der Waals surface area contributed by atoms with E-state index in [0.717, 1.165) is 33.6 Å². The Kier molecular flexibility index (Phi) is 5.56. The summed E-state index contributed by atoms with van der Waals surface area (Å²) in [7, 11) is 0. The lowest BCUT2D eigenvalue weighted by molar-refractivity contribution is -0.118. The minimum absolute atomic E-state index is 0.0238. The van der Waals surface area contributed by atoms with Crippen LogP contribution in [0.25, 0.3) is 0 Å². The number of nitrogens with one attached hydrogen (secondary N) is 2. The summed E-state index contributed by atoms with van der Waals surface area (Å²) in [4.78, 5) is 12.4. The number of nitrogens with two attached hydrogens (primary N) is 1. The molecule has 0 saturated heterocycles. The van der Waals surface area contributed by atoms with E-state index in [9.17, 15) is 10.1 Å². The summed E-state index contributed by atoms with van der Waals surface area (Å²) in [5, 5.41) is 19.6. The van der Waals surface area contributed by atoms with Gasteiger partial charge in [-0.1, -0.05) is 24.3 Å². The van der Waals surface area contributed by atoms with Gasteiger partial charge in [-0.2, -0.15) is 5.26 Å². The van der Waals surface area contributed by atoms with E-state index < -0.39 is 5.92 Å². The van der Waals surface area contributed by atoms with Crippen LogP contribution in [0.2, 0.25) is 0 Å². The number of carbonyl (C=O) groups excluding carboxylic acids is 1. The van der Waals surface area contributed by atoms with Crippen LogP contribution in [-0.2, 0) is 4.79 Å². The zero-order valence-corrected chi connectivity index (χ0v) is 18.0. The molecular formula is C24H23N5O3. The second kappa shape index (κ2) is 8.47. The van der Waals surface area contributed by atoms with Crippen LogP contribution in [0.1, 0.15) is 33.9 Å². The molecule has 1 aliphatic heterocycles. The maximum Gasteiger partial charge on any atom is 0.262 e. The molecule has 8 heteroatoms. The van der Waals surface area contributed by atoms with Gasteiger partial charge in [0.05, 0.1) is 5.92 Å². The molecule has 32 heavy (non-hydrogen) atoms. The first-order valence-electron chi connectivity index (χ1n) is 10.1. The van der Waals surface area contributed by atoms with Crippen LogP contribution in [0.15, 0.2) is 53.9 Å². The second-order valence-electron chi connectivity index (χ2n) is 7.72. The fraction of sp³-hybridized carbons (Fsp3) is 0.208. The second-order valence-corrected chi connectivity index (χ2v) is 7.72. The quantitative estimate of drug-likeness (QED) is 0.569. The molecule has 0 fully saturated rings. The summed E-state index contributed by atoms with van der Waals surface area (Å²) in [5.41, 5.74) is 11.4. The van der Waals surface area contributed by atoms with Crippen molar-refractivity contribution in [3.05, 3.63) is 81.9 Å². The van der Waals surface area contributed by atoms with Crippen molar-refractivity contribution in [2.24, 2.45) is 5.73 Å². The largest absolute Gasteiger partial charge is 0.484 e. The number of amides is 1. The fourth-order valence-corrected chi connectivity index (χ4v) is 3.72. The molecule has 8 nitrogen and oxygen atoms in total. The first-order valence-corrected chi connectivity index (χ1v) is 10.1. The monoisotopic (exact) mass is 429 g/mol. The summed E-state index contributed by atoms with van der Waals surface area (Å²) < 4.78 is 11.2. The third-order valence-electron chi connectivity index (χ3n) is 5.36. The van der Waals surface area contributed by atoms with Crippen molar-refractivity contribution in [2.45, 2.75) is 26.7 Å². The lowest BCUT2D eigenvalue weighted by Gasteiger charge is -2.24. The number of H-pyrrole nitrogens is 1. The van der Waals surface area contributed by atoms with Crippen LogP contribution in [0.3, 0.4) is 0 Å². The van der Waals surface area contributed by atoms with Crippen molar-refractivity contribution < 1.29 is 14.3 Å². The van der Waals surface area contributed by atoms with Crippen molar-refractivity contribution in [1.29, 1.82) is 5.26 Å². The Morgan fingerprint density at radius 3 is 2.88 bits per heavy atom. The summed E-state index contributed by atoms with van der Waals surface area (Å²) >= 11 is 0. The van der Waals surface area contributed by atoms with Crippen LogP contribution in [-0.4, -0.2) is 22.7 Å². The molecule has 0 bridgehead atoms. The number of benzene rings is 2. The normalized spacial score (nSPS) is 14.9. The number of anilines is 1. The highest BCUT2D eigenvalue weighted by Gasteiger charge is 2.34. The Balaban J connectivity index is 1.54. The predicted octanol–water partition coefficient (Wildman–Crippen LogP) is 3.57.